The summed E-state index contributed by atoms with van der Waals surface area (Å²) < 4.78 is 16.2. The van der Waals surface area contributed by atoms with Gasteiger partial charge >= 0.3 is 6.03 Å². The van der Waals surface area contributed by atoms with E-state index in [2.05, 4.69) is 11.9 Å². The van der Waals surface area contributed by atoms with Gasteiger partial charge in [0.15, 0.2) is 0 Å². The molecule has 1 saturated heterocycles. The molecule has 1 aromatic heterocycles. The number of fused-ring (bicyclic) bond motifs is 1. The summed E-state index contributed by atoms with van der Waals surface area (Å²) in [6.45, 7) is 6.02. The summed E-state index contributed by atoms with van der Waals surface area (Å²) in [5, 5.41) is 3.56. The van der Waals surface area contributed by atoms with Gasteiger partial charge in [0.2, 0.25) is 0 Å². The van der Waals surface area contributed by atoms with E-state index in [9.17, 15) is 14.0 Å². The Labute approximate surface area is 167 Å². The van der Waals surface area contributed by atoms with Crippen molar-refractivity contribution >= 4 is 28.9 Å². The van der Waals surface area contributed by atoms with Crippen molar-refractivity contribution in [2.75, 3.05) is 6.54 Å². The molecule has 1 N–H and O–H groups in total. The number of imide groups is 1. The van der Waals surface area contributed by atoms with Gasteiger partial charge in [-0.1, -0.05) is 42.5 Å². The summed E-state index contributed by atoms with van der Waals surface area (Å²) in [5.41, 5.74) is 3.43. The highest BCUT2D eigenvalue weighted by Crippen LogP contribution is 2.29. The molecule has 0 atom stereocenters. The van der Waals surface area contributed by atoms with Crippen LogP contribution in [0.4, 0.5) is 9.18 Å². The predicted molar refractivity (Wildman–Crippen MR) is 111 cm³/mol. The van der Waals surface area contributed by atoms with E-state index in [0.717, 1.165) is 27.1 Å². The number of hydrogen-bond acceptors (Lipinski definition) is 2. The number of nitrogens with one attached hydrogen (secondary N) is 1. The van der Waals surface area contributed by atoms with Gasteiger partial charge in [-0.2, -0.15) is 0 Å². The van der Waals surface area contributed by atoms with Crippen LogP contribution in [0, 0.1) is 12.7 Å². The van der Waals surface area contributed by atoms with Crippen molar-refractivity contribution in [2.45, 2.75) is 13.5 Å². The van der Waals surface area contributed by atoms with E-state index in [0.29, 0.717) is 12.1 Å². The standard InChI is InChI=1S/C23H20FN3O2/c1-3-12-26-22(28)20(25-23(26)29)13-18-15(2)27(21-11-7-5-9-17(18)21)14-16-8-4-6-10-19(16)24/h3-11,13H,1,12,14H2,2H3,(H,25,29)/b20-13+. The molecule has 146 valence electrons. The molecule has 4 rings (SSSR count). The van der Waals surface area contributed by atoms with Crippen LogP contribution in [0.2, 0.25) is 0 Å². The van der Waals surface area contributed by atoms with Gasteiger partial charge in [-0.05, 0) is 25.1 Å². The number of carbonyl (C=O) groups excluding carboxylic acids is 2. The first-order chi connectivity index (χ1) is 14.0. The van der Waals surface area contributed by atoms with Crippen LogP contribution in [-0.2, 0) is 11.3 Å². The topological polar surface area (TPSA) is 54.3 Å². The molecule has 1 aliphatic heterocycles. The van der Waals surface area contributed by atoms with E-state index < -0.39 is 6.03 Å². The maximum atomic E-state index is 14.2. The molecule has 6 heteroatoms. The second-order valence-corrected chi connectivity index (χ2v) is 6.89. The molecule has 5 nitrogen and oxygen atoms in total. The zero-order valence-corrected chi connectivity index (χ0v) is 16.0. The molecule has 0 aliphatic carbocycles. The van der Waals surface area contributed by atoms with Crippen LogP contribution < -0.4 is 5.32 Å². The maximum Gasteiger partial charge on any atom is 0.329 e. The van der Waals surface area contributed by atoms with Crippen molar-refractivity contribution < 1.29 is 14.0 Å². The van der Waals surface area contributed by atoms with Crippen molar-refractivity contribution in [3.63, 3.8) is 0 Å². The van der Waals surface area contributed by atoms with Crippen LogP contribution in [0.25, 0.3) is 17.0 Å². The first-order valence-electron chi connectivity index (χ1n) is 9.28. The molecule has 0 spiro atoms. The minimum Gasteiger partial charge on any atom is -0.340 e. The number of nitrogens with zero attached hydrogens (tertiary/aromatic N) is 2. The zero-order chi connectivity index (χ0) is 20.5. The summed E-state index contributed by atoms with van der Waals surface area (Å²) in [6, 6.07) is 14.0. The number of aromatic nitrogens is 1. The van der Waals surface area contributed by atoms with Crippen molar-refractivity contribution in [2.24, 2.45) is 0 Å². The van der Waals surface area contributed by atoms with Crippen LogP contribution in [0.1, 0.15) is 16.8 Å². The lowest BCUT2D eigenvalue weighted by Crippen LogP contribution is -2.30. The average molecular weight is 389 g/mol. The lowest BCUT2D eigenvalue weighted by molar-refractivity contribution is -0.122. The zero-order valence-electron chi connectivity index (χ0n) is 16.0. The van der Waals surface area contributed by atoms with Crippen LogP contribution in [-0.4, -0.2) is 28.0 Å². The Kier molecular flexibility index (Phi) is 4.76. The number of benzene rings is 2. The Balaban J connectivity index is 1.81. The van der Waals surface area contributed by atoms with Gasteiger partial charge in [0, 0.05) is 34.3 Å². The van der Waals surface area contributed by atoms with Gasteiger partial charge in [-0.25, -0.2) is 9.18 Å². The van der Waals surface area contributed by atoms with Gasteiger partial charge < -0.3 is 9.88 Å². The largest absolute Gasteiger partial charge is 0.340 e. The second-order valence-electron chi connectivity index (χ2n) is 6.89. The molecule has 2 aromatic carbocycles. The minimum atomic E-state index is -0.464. The highest BCUT2D eigenvalue weighted by atomic mass is 19.1. The van der Waals surface area contributed by atoms with Crippen LogP contribution in [0.15, 0.2) is 66.9 Å². The third-order valence-electron chi connectivity index (χ3n) is 5.13. The summed E-state index contributed by atoms with van der Waals surface area (Å²) in [7, 11) is 0. The molecule has 0 bridgehead atoms. The van der Waals surface area contributed by atoms with Gasteiger partial charge in [-0.15, -0.1) is 6.58 Å². The molecule has 0 unspecified atom stereocenters. The fraction of sp³-hybridized carbons (Fsp3) is 0.130. The van der Waals surface area contributed by atoms with Gasteiger partial charge in [-0.3, -0.25) is 9.69 Å². The van der Waals surface area contributed by atoms with Gasteiger partial charge in [0.25, 0.3) is 5.91 Å². The summed E-state index contributed by atoms with van der Waals surface area (Å²) in [6.07, 6.45) is 3.20. The predicted octanol–water partition coefficient (Wildman–Crippen LogP) is 4.22. The number of urea groups is 1. The molecule has 3 aromatic rings. The Bertz CT molecular complexity index is 1180. The van der Waals surface area contributed by atoms with E-state index in [1.807, 2.05) is 41.8 Å². The van der Waals surface area contributed by atoms with E-state index in [1.165, 1.54) is 12.1 Å². The van der Waals surface area contributed by atoms with Crippen molar-refractivity contribution in [3.8, 4) is 0 Å². The highest BCUT2D eigenvalue weighted by molar-refractivity contribution is 6.14. The molecule has 1 fully saturated rings. The molecule has 3 amide bonds. The minimum absolute atomic E-state index is 0.149. The summed E-state index contributed by atoms with van der Waals surface area (Å²) in [4.78, 5) is 25.7. The van der Waals surface area contributed by atoms with Crippen LogP contribution >= 0.6 is 0 Å². The summed E-state index contributed by atoms with van der Waals surface area (Å²) in [5.74, 6) is -0.650. The first-order valence-corrected chi connectivity index (χ1v) is 9.28. The summed E-state index contributed by atoms with van der Waals surface area (Å²) >= 11 is 0. The molecule has 2 heterocycles. The number of para-hydroxylation sites is 1. The normalized spacial score (nSPS) is 15.4. The van der Waals surface area contributed by atoms with Crippen LogP contribution in [0.3, 0.4) is 0 Å². The molecular formula is C23H20FN3O2. The maximum absolute atomic E-state index is 14.2. The first kappa shape index (κ1) is 18.7. The Morgan fingerprint density at radius 2 is 1.83 bits per heavy atom. The molecule has 1 aliphatic rings. The van der Waals surface area contributed by atoms with E-state index >= 15 is 0 Å². The fourth-order valence-corrected chi connectivity index (χ4v) is 3.65. The molecule has 0 saturated carbocycles. The monoisotopic (exact) mass is 389 g/mol. The van der Waals surface area contributed by atoms with Crippen molar-refractivity contribution in [1.82, 2.24) is 14.8 Å². The number of halogens is 1. The molecule has 29 heavy (non-hydrogen) atoms. The molecular weight excluding hydrogens is 369 g/mol. The fourth-order valence-electron chi connectivity index (χ4n) is 3.65. The smallest absolute Gasteiger partial charge is 0.329 e. The number of rotatable bonds is 5. The van der Waals surface area contributed by atoms with E-state index in [1.54, 1.807) is 18.2 Å². The van der Waals surface area contributed by atoms with Gasteiger partial charge in [0.1, 0.15) is 11.5 Å². The average Bonchev–Trinajstić information content (AvgIpc) is 3.13. The van der Waals surface area contributed by atoms with Crippen molar-refractivity contribution in [1.29, 1.82) is 0 Å². The third kappa shape index (κ3) is 3.23. The van der Waals surface area contributed by atoms with E-state index in [4.69, 9.17) is 0 Å². The Morgan fingerprint density at radius 3 is 2.59 bits per heavy atom. The number of hydrogen-bond donors (Lipinski definition) is 1. The Hall–Kier alpha value is -3.67. The van der Waals surface area contributed by atoms with Crippen molar-refractivity contribution in [3.05, 3.63) is 89.5 Å². The second kappa shape index (κ2) is 7.39. The molecule has 0 radical (unpaired) electrons. The van der Waals surface area contributed by atoms with E-state index in [-0.39, 0.29) is 24.0 Å². The number of amides is 3. The highest BCUT2D eigenvalue weighted by Gasteiger charge is 2.33. The SMILES string of the molecule is C=CCN1C(=O)N/C(=C/c2c(C)n(Cc3ccccc3F)c3ccccc23)C1=O. The lowest BCUT2D eigenvalue weighted by Gasteiger charge is -2.09. The lowest BCUT2D eigenvalue weighted by atomic mass is 10.1. The third-order valence-corrected chi connectivity index (χ3v) is 5.13. The number of carbonyl (C=O) groups is 2. The quantitative estimate of drug-likeness (QED) is 0.404. The van der Waals surface area contributed by atoms with Crippen LogP contribution in [0.5, 0.6) is 0 Å². The van der Waals surface area contributed by atoms with Gasteiger partial charge in [0.05, 0.1) is 6.54 Å². The Morgan fingerprint density at radius 1 is 1.10 bits per heavy atom.